The lowest BCUT2D eigenvalue weighted by molar-refractivity contribution is 0.0629. The summed E-state index contributed by atoms with van der Waals surface area (Å²) in [4.78, 5) is 64.5. The van der Waals surface area contributed by atoms with Gasteiger partial charge < -0.3 is 10.2 Å². The molecule has 0 spiro atoms. The van der Waals surface area contributed by atoms with Crippen LogP contribution in [0.2, 0.25) is 0 Å². The average Bonchev–Trinajstić information content (AvgIpc) is 3.21. The number of imide groups is 2. The Morgan fingerprint density at radius 3 is 1.50 bits per heavy atom. The number of aromatic carboxylic acids is 1. The van der Waals surface area contributed by atoms with Gasteiger partial charge in [0.15, 0.2) is 0 Å². The van der Waals surface area contributed by atoms with Crippen molar-refractivity contribution >= 4 is 29.6 Å². The number of amides is 4. The second kappa shape index (κ2) is 7.66. The van der Waals surface area contributed by atoms with E-state index in [1.165, 1.54) is 30.3 Å². The van der Waals surface area contributed by atoms with E-state index in [-0.39, 0.29) is 46.5 Å². The van der Waals surface area contributed by atoms with E-state index in [9.17, 15) is 34.2 Å². The third kappa shape index (κ3) is 3.14. The number of carboxylic acids is 1. The molecule has 3 aromatic carbocycles. The van der Waals surface area contributed by atoms with E-state index in [2.05, 4.69) is 0 Å². The zero-order valence-electron chi connectivity index (χ0n) is 17.5. The highest BCUT2D eigenvalue weighted by atomic mass is 16.4. The van der Waals surface area contributed by atoms with Crippen LogP contribution in [0.15, 0.2) is 60.7 Å². The van der Waals surface area contributed by atoms with E-state index in [1.807, 2.05) is 0 Å². The summed E-state index contributed by atoms with van der Waals surface area (Å²) in [6.45, 7) is -0.629. The van der Waals surface area contributed by atoms with Crippen molar-refractivity contribution < 1.29 is 34.2 Å². The molecule has 2 aliphatic rings. The Morgan fingerprint density at radius 2 is 1.09 bits per heavy atom. The fourth-order valence-corrected chi connectivity index (χ4v) is 4.25. The molecule has 9 nitrogen and oxygen atoms in total. The minimum Gasteiger partial charge on any atom is -0.507 e. The molecule has 0 fully saturated rings. The first-order valence-electron chi connectivity index (χ1n) is 10.3. The van der Waals surface area contributed by atoms with Crippen LogP contribution < -0.4 is 0 Å². The predicted molar refractivity (Wildman–Crippen MR) is 116 cm³/mol. The van der Waals surface area contributed by atoms with Crippen LogP contribution in [0.25, 0.3) is 0 Å². The average molecular weight is 456 g/mol. The number of carbonyl (C=O) groups is 5. The van der Waals surface area contributed by atoms with Crippen molar-refractivity contribution in [3.05, 3.63) is 99.6 Å². The Bertz CT molecular complexity index is 1370. The molecule has 2 aliphatic heterocycles. The summed E-state index contributed by atoms with van der Waals surface area (Å²) in [6.07, 6.45) is 0. The Hall–Kier alpha value is -4.79. The highest BCUT2D eigenvalue weighted by Crippen LogP contribution is 2.32. The van der Waals surface area contributed by atoms with E-state index < -0.39 is 40.9 Å². The van der Waals surface area contributed by atoms with Crippen LogP contribution in [0.3, 0.4) is 0 Å². The van der Waals surface area contributed by atoms with Gasteiger partial charge in [0.25, 0.3) is 23.6 Å². The van der Waals surface area contributed by atoms with Crippen molar-refractivity contribution in [2.45, 2.75) is 13.1 Å². The summed E-state index contributed by atoms with van der Waals surface area (Å²) in [5.41, 5.74) is 0.699. The first kappa shape index (κ1) is 21.1. The lowest BCUT2D eigenvalue weighted by Gasteiger charge is -2.19. The summed E-state index contributed by atoms with van der Waals surface area (Å²) in [5, 5.41) is 20.1. The molecule has 4 amide bonds. The first-order chi connectivity index (χ1) is 16.3. The van der Waals surface area contributed by atoms with Crippen molar-refractivity contribution in [3.63, 3.8) is 0 Å². The SMILES string of the molecule is O=C(O)c1cc(CN2C(=O)c3ccccc3C2=O)cc(CN2C(=O)c3ccccc3C2=O)c1O. The molecular formula is C25H16N2O7. The van der Waals surface area contributed by atoms with Gasteiger partial charge in [-0.25, -0.2) is 4.79 Å². The maximum atomic E-state index is 12.7. The molecule has 0 radical (unpaired) electrons. The molecule has 2 N–H and O–H groups in total. The third-order valence-corrected chi connectivity index (χ3v) is 5.90. The number of benzene rings is 3. The molecule has 168 valence electrons. The van der Waals surface area contributed by atoms with Crippen molar-refractivity contribution in [1.82, 2.24) is 9.80 Å². The van der Waals surface area contributed by atoms with E-state index in [0.717, 1.165) is 15.9 Å². The number of fused-ring (bicyclic) bond motifs is 2. The molecule has 0 unspecified atom stereocenters. The second-order valence-electron chi connectivity index (χ2n) is 7.94. The van der Waals surface area contributed by atoms with Crippen LogP contribution in [0, 0.1) is 0 Å². The molecule has 34 heavy (non-hydrogen) atoms. The van der Waals surface area contributed by atoms with Crippen molar-refractivity contribution in [3.8, 4) is 5.75 Å². The Balaban J connectivity index is 1.49. The highest BCUT2D eigenvalue weighted by molar-refractivity contribution is 6.22. The molecule has 0 saturated heterocycles. The molecule has 0 bridgehead atoms. The zero-order chi connectivity index (χ0) is 24.1. The normalized spacial score (nSPS) is 14.6. The van der Waals surface area contributed by atoms with Gasteiger partial charge >= 0.3 is 5.97 Å². The molecule has 5 rings (SSSR count). The molecule has 0 aliphatic carbocycles. The Kier molecular flexibility index (Phi) is 4.75. The van der Waals surface area contributed by atoms with Crippen LogP contribution in [-0.4, -0.2) is 49.6 Å². The van der Waals surface area contributed by atoms with Crippen molar-refractivity contribution in [2.75, 3.05) is 0 Å². The highest BCUT2D eigenvalue weighted by Gasteiger charge is 2.37. The summed E-state index contributed by atoms with van der Waals surface area (Å²) in [7, 11) is 0. The maximum Gasteiger partial charge on any atom is 0.339 e. The van der Waals surface area contributed by atoms with Crippen LogP contribution in [0.4, 0.5) is 0 Å². The first-order valence-corrected chi connectivity index (χ1v) is 10.3. The standard InChI is InChI=1S/C25H16N2O7/c28-20-14(12-27-23(31)17-7-3-4-8-18(17)24(27)32)9-13(10-19(20)25(33)34)11-26-21(29)15-5-1-2-6-16(15)22(26)30/h1-10,28H,11-12H2,(H,33,34). The number of carboxylic acid groups (broad SMARTS) is 1. The number of rotatable bonds is 5. The van der Waals surface area contributed by atoms with Gasteiger partial charge in [-0.3, -0.25) is 29.0 Å². The minimum absolute atomic E-state index is 0.000940. The number of carbonyl (C=O) groups excluding carboxylic acids is 4. The maximum absolute atomic E-state index is 12.7. The molecule has 0 saturated carbocycles. The van der Waals surface area contributed by atoms with E-state index in [0.29, 0.717) is 0 Å². The molecular weight excluding hydrogens is 440 g/mol. The summed E-state index contributed by atoms with van der Waals surface area (Å²) in [5.74, 6) is -4.22. The summed E-state index contributed by atoms with van der Waals surface area (Å²) < 4.78 is 0. The third-order valence-electron chi connectivity index (χ3n) is 5.90. The Labute approximate surface area is 192 Å². The topological polar surface area (TPSA) is 132 Å². The molecule has 9 heteroatoms. The number of nitrogens with zero attached hydrogens (tertiary/aromatic N) is 2. The number of hydrogen-bond acceptors (Lipinski definition) is 6. The summed E-state index contributed by atoms with van der Waals surface area (Å²) in [6, 6.07) is 15.1. The van der Waals surface area contributed by atoms with Crippen LogP contribution in [-0.2, 0) is 13.1 Å². The monoisotopic (exact) mass is 456 g/mol. The predicted octanol–water partition coefficient (Wildman–Crippen LogP) is 2.68. The van der Waals surface area contributed by atoms with Gasteiger partial charge in [0.2, 0.25) is 0 Å². The van der Waals surface area contributed by atoms with Crippen LogP contribution in [0.1, 0.15) is 62.9 Å². The molecule has 0 aromatic heterocycles. The van der Waals surface area contributed by atoms with Crippen LogP contribution in [0.5, 0.6) is 5.75 Å². The lowest BCUT2D eigenvalue weighted by Crippen LogP contribution is -2.30. The number of phenols is 1. The van der Waals surface area contributed by atoms with Crippen molar-refractivity contribution in [2.24, 2.45) is 0 Å². The second-order valence-corrected chi connectivity index (χ2v) is 7.94. The molecule has 0 atom stereocenters. The summed E-state index contributed by atoms with van der Waals surface area (Å²) >= 11 is 0. The quantitative estimate of drug-likeness (QED) is 0.564. The molecule has 2 heterocycles. The van der Waals surface area contributed by atoms with Gasteiger partial charge in [-0.15, -0.1) is 0 Å². The number of aromatic hydroxyl groups is 1. The largest absolute Gasteiger partial charge is 0.507 e. The zero-order valence-corrected chi connectivity index (χ0v) is 17.5. The fraction of sp³-hybridized carbons (Fsp3) is 0.0800. The van der Waals surface area contributed by atoms with Gasteiger partial charge in [-0.1, -0.05) is 24.3 Å². The fourth-order valence-electron chi connectivity index (χ4n) is 4.25. The molecule has 3 aromatic rings. The lowest BCUT2D eigenvalue weighted by atomic mass is 10.0. The number of hydrogen-bond donors (Lipinski definition) is 2. The van der Waals surface area contributed by atoms with Gasteiger partial charge in [-0.05, 0) is 42.0 Å². The van der Waals surface area contributed by atoms with Gasteiger partial charge in [0.1, 0.15) is 11.3 Å². The smallest absolute Gasteiger partial charge is 0.339 e. The van der Waals surface area contributed by atoms with Crippen LogP contribution >= 0.6 is 0 Å². The van der Waals surface area contributed by atoms with Crippen molar-refractivity contribution in [1.29, 1.82) is 0 Å². The van der Waals surface area contributed by atoms with Gasteiger partial charge in [0, 0.05) is 5.56 Å². The van der Waals surface area contributed by atoms with Gasteiger partial charge in [0.05, 0.1) is 35.3 Å². The van der Waals surface area contributed by atoms with E-state index in [1.54, 1.807) is 24.3 Å². The minimum atomic E-state index is -1.44. The Morgan fingerprint density at radius 1 is 0.676 bits per heavy atom. The van der Waals surface area contributed by atoms with E-state index >= 15 is 0 Å². The van der Waals surface area contributed by atoms with Gasteiger partial charge in [-0.2, -0.15) is 0 Å². The van der Waals surface area contributed by atoms with E-state index in [4.69, 9.17) is 0 Å².